The fourth-order valence-corrected chi connectivity index (χ4v) is 2.56. The van der Waals surface area contributed by atoms with Gasteiger partial charge in [-0.15, -0.1) is 0 Å². The Hall–Kier alpha value is -0.610. The summed E-state index contributed by atoms with van der Waals surface area (Å²) < 4.78 is 4.56. The Morgan fingerprint density at radius 1 is 1.31 bits per heavy atom. The first kappa shape index (κ1) is 10.5. The fourth-order valence-electron chi connectivity index (χ4n) is 0.716. The summed E-state index contributed by atoms with van der Waals surface area (Å²) in [5, 5.41) is 0. The quantitative estimate of drug-likeness (QED) is 0.413. The number of rotatable bonds is 6. The van der Waals surface area contributed by atoms with Crippen LogP contribution >= 0.6 is 21.6 Å². The lowest BCUT2D eigenvalue weighted by atomic mass is 10.4. The number of carbonyl (C=O) groups is 1. The van der Waals surface area contributed by atoms with Crippen LogP contribution in [0.3, 0.4) is 0 Å². The summed E-state index contributed by atoms with van der Waals surface area (Å²) >= 11 is 0. The van der Waals surface area contributed by atoms with Gasteiger partial charge in [-0.05, 0) is 12.1 Å². The lowest BCUT2D eigenvalue weighted by Crippen LogP contribution is -1.92. The van der Waals surface area contributed by atoms with Crippen molar-refractivity contribution < 1.29 is 9.53 Å². The summed E-state index contributed by atoms with van der Waals surface area (Å²) in [6, 6.07) is 10.1. The maximum absolute atomic E-state index is 9.80. The Labute approximate surface area is 85.4 Å². The minimum Gasteiger partial charge on any atom is -0.467 e. The lowest BCUT2D eigenvalue weighted by molar-refractivity contribution is -0.128. The van der Waals surface area contributed by atoms with Gasteiger partial charge < -0.3 is 4.74 Å². The van der Waals surface area contributed by atoms with Crippen LogP contribution in [-0.2, 0) is 9.53 Å². The molecule has 0 spiro atoms. The Bertz CT molecular complexity index is 239. The molecule has 0 amide bonds. The number of benzene rings is 1. The van der Waals surface area contributed by atoms with Crippen LogP contribution in [0.5, 0.6) is 0 Å². The van der Waals surface area contributed by atoms with Gasteiger partial charge in [-0.1, -0.05) is 39.8 Å². The maximum Gasteiger partial charge on any atom is 0.293 e. The number of hydrogen-bond acceptors (Lipinski definition) is 4. The van der Waals surface area contributed by atoms with Crippen LogP contribution in [-0.4, -0.2) is 18.8 Å². The van der Waals surface area contributed by atoms with Gasteiger partial charge in [0.2, 0.25) is 0 Å². The highest BCUT2D eigenvalue weighted by Gasteiger charge is 1.92. The molecule has 1 rings (SSSR count). The highest BCUT2D eigenvalue weighted by Crippen LogP contribution is 2.29. The second-order valence-electron chi connectivity index (χ2n) is 2.19. The first-order valence-corrected chi connectivity index (χ1v) is 6.15. The van der Waals surface area contributed by atoms with Gasteiger partial charge in [0.25, 0.3) is 6.47 Å². The van der Waals surface area contributed by atoms with E-state index in [4.69, 9.17) is 0 Å². The second kappa shape index (κ2) is 6.86. The predicted octanol–water partition coefficient (Wildman–Crippen LogP) is 2.60. The Kier molecular flexibility index (Phi) is 5.52. The second-order valence-corrected chi connectivity index (χ2v) is 4.67. The fraction of sp³-hybridized carbons (Fsp3) is 0.222. The van der Waals surface area contributed by atoms with Gasteiger partial charge in [-0.3, -0.25) is 4.79 Å². The normalized spacial score (nSPS) is 9.54. The zero-order chi connectivity index (χ0) is 9.36. The summed E-state index contributed by atoms with van der Waals surface area (Å²) in [7, 11) is 3.37. The molecule has 0 aromatic heterocycles. The molecule has 0 atom stereocenters. The van der Waals surface area contributed by atoms with E-state index in [1.807, 2.05) is 18.2 Å². The van der Waals surface area contributed by atoms with Crippen LogP contribution in [0.2, 0.25) is 0 Å². The minimum atomic E-state index is 0.480. The predicted molar refractivity (Wildman–Crippen MR) is 56.8 cm³/mol. The zero-order valence-electron chi connectivity index (χ0n) is 7.01. The van der Waals surface area contributed by atoms with E-state index in [-0.39, 0.29) is 0 Å². The third kappa shape index (κ3) is 4.85. The van der Waals surface area contributed by atoms with Gasteiger partial charge in [0, 0.05) is 10.6 Å². The van der Waals surface area contributed by atoms with Crippen molar-refractivity contribution in [1.82, 2.24) is 0 Å². The topological polar surface area (TPSA) is 26.3 Å². The molecule has 0 aliphatic carbocycles. The van der Waals surface area contributed by atoms with Gasteiger partial charge in [0.15, 0.2) is 0 Å². The van der Waals surface area contributed by atoms with Crippen molar-refractivity contribution >= 4 is 28.1 Å². The number of carbonyl (C=O) groups excluding carboxylic acids is 1. The molecule has 4 heteroatoms. The van der Waals surface area contributed by atoms with Crippen LogP contribution in [0.1, 0.15) is 0 Å². The van der Waals surface area contributed by atoms with E-state index in [0.29, 0.717) is 13.1 Å². The highest BCUT2D eigenvalue weighted by molar-refractivity contribution is 8.76. The average molecular weight is 214 g/mol. The Morgan fingerprint density at radius 2 is 2.08 bits per heavy atom. The molecule has 0 heterocycles. The Balaban J connectivity index is 2.10. The van der Waals surface area contributed by atoms with E-state index in [2.05, 4.69) is 16.9 Å². The van der Waals surface area contributed by atoms with Crippen molar-refractivity contribution in [3.63, 3.8) is 0 Å². The molecule has 0 aliphatic rings. The van der Waals surface area contributed by atoms with E-state index < -0.39 is 0 Å². The van der Waals surface area contributed by atoms with Gasteiger partial charge in [0.05, 0.1) is 0 Å². The molecular weight excluding hydrogens is 204 g/mol. The van der Waals surface area contributed by atoms with Crippen LogP contribution < -0.4 is 0 Å². The molecule has 13 heavy (non-hydrogen) atoms. The van der Waals surface area contributed by atoms with Crippen LogP contribution in [0.4, 0.5) is 0 Å². The van der Waals surface area contributed by atoms with Crippen molar-refractivity contribution in [2.75, 3.05) is 12.4 Å². The van der Waals surface area contributed by atoms with Crippen molar-refractivity contribution in [2.45, 2.75) is 4.90 Å². The summed E-state index contributed by atoms with van der Waals surface area (Å²) in [6.07, 6.45) is 0. The van der Waals surface area contributed by atoms with Crippen LogP contribution in [0.25, 0.3) is 0 Å². The molecule has 0 saturated carbocycles. The molecule has 70 valence electrons. The first-order chi connectivity index (χ1) is 6.43. The van der Waals surface area contributed by atoms with Gasteiger partial charge in [-0.2, -0.15) is 0 Å². The smallest absolute Gasteiger partial charge is 0.293 e. The molecular formula is C9H10O2S2. The lowest BCUT2D eigenvalue weighted by Gasteiger charge is -1.99. The molecule has 1 aromatic carbocycles. The zero-order valence-corrected chi connectivity index (χ0v) is 8.64. The standard InChI is InChI=1S/C9H10O2S2/c10-8-11-6-7-12-13-9-4-2-1-3-5-9/h1-5,8H,6-7H2. The molecule has 0 radical (unpaired) electrons. The van der Waals surface area contributed by atoms with Crippen molar-refractivity contribution in [3.05, 3.63) is 30.3 Å². The summed E-state index contributed by atoms with van der Waals surface area (Å²) in [6.45, 7) is 0.960. The van der Waals surface area contributed by atoms with E-state index in [0.717, 1.165) is 5.75 Å². The minimum absolute atomic E-state index is 0.480. The average Bonchev–Trinajstić information content (AvgIpc) is 2.19. The molecule has 0 aliphatic heterocycles. The Morgan fingerprint density at radius 3 is 2.77 bits per heavy atom. The molecule has 2 nitrogen and oxygen atoms in total. The third-order valence-corrected chi connectivity index (χ3v) is 3.60. The highest BCUT2D eigenvalue weighted by atomic mass is 33.1. The van der Waals surface area contributed by atoms with Crippen molar-refractivity contribution in [3.8, 4) is 0 Å². The SMILES string of the molecule is O=COCCSSc1ccccc1. The van der Waals surface area contributed by atoms with Crippen LogP contribution in [0, 0.1) is 0 Å². The largest absolute Gasteiger partial charge is 0.467 e. The van der Waals surface area contributed by atoms with Gasteiger partial charge in [0.1, 0.15) is 6.61 Å². The molecule has 0 N–H and O–H groups in total. The summed E-state index contributed by atoms with van der Waals surface area (Å²) in [4.78, 5) is 11.0. The van der Waals surface area contributed by atoms with E-state index in [9.17, 15) is 4.79 Å². The van der Waals surface area contributed by atoms with Crippen LogP contribution in [0.15, 0.2) is 35.2 Å². The van der Waals surface area contributed by atoms with E-state index >= 15 is 0 Å². The molecule has 0 fully saturated rings. The van der Waals surface area contributed by atoms with Crippen molar-refractivity contribution in [2.24, 2.45) is 0 Å². The molecule has 0 saturated heterocycles. The number of hydrogen-bond donors (Lipinski definition) is 0. The number of ether oxygens (including phenoxy) is 1. The van der Waals surface area contributed by atoms with Crippen molar-refractivity contribution in [1.29, 1.82) is 0 Å². The van der Waals surface area contributed by atoms with Gasteiger partial charge >= 0.3 is 0 Å². The summed E-state index contributed by atoms with van der Waals surface area (Å²) in [5.41, 5.74) is 0. The monoisotopic (exact) mass is 214 g/mol. The summed E-state index contributed by atoms with van der Waals surface area (Å²) in [5.74, 6) is 0.818. The molecule has 0 bridgehead atoms. The molecule has 1 aromatic rings. The van der Waals surface area contributed by atoms with Gasteiger partial charge in [-0.25, -0.2) is 0 Å². The third-order valence-electron chi connectivity index (χ3n) is 1.25. The van der Waals surface area contributed by atoms with E-state index in [1.165, 1.54) is 4.90 Å². The first-order valence-electron chi connectivity index (χ1n) is 3.83. The molecule has 0 unspecified atom stereocenters. The maximum atomic E-state index is 9.80. The van der Waals surface area contributed by atoms with E-state index in [1.54, 1.807) is 21.6 Å².